The van der Waals surface area contributed by atoms with E-state index in [0.717, 1.165) is 23.1 Å². The summed E-state index contributed by atoms with van der Waals surface area (Å²) in [5.74, 6) is 1.15. The quantitative estimate of drug-likeness (QED) is 0.600. The predicted molar refractivity (Wildman–Crippen MR) is 125 cm³/mol. The Balaban J connectivity index is 1.88. The Morgan fingerprint density at radius 1 is 1.09 bits per heavy atom. The number of hydrogen-bond acceptors (Lipinski definition) is 6. The molecule has 1 aliphatic heterocycles. The Morgan fingerprint density at radius 2 is 1.81 bits per heavy atom. The molecule has 0 bridgehead atoms. The van der Waals surface area contributed by atoms with Gasteiger partial charge >= 0.3 is 0 Å². The van der Waals surface area contributed by atoms with Gasteiger partial charge in [-0.05, 0) is 49.2 Å². The van der Waals surface area contributed by atoms with E-state index in [1.165, 1.54) is 0 Å². The first-order valence-electron chi connectivity index (χ1n) is 10.5. The molecule has 2 unspecified atom stereocenters. The summed E-state index contributed by atoms with van der Waals surface area (Å²) in [6.07, 6.45) is 2.21. The second kappa shape index (κ2) is 10.0. The largest absolute Gasteiger partial charge is 0.493 e. The second-order valence-electron chi connectivity index (χ2n) is 7.57. The Kier molecular flexibility index (Phi) is 7.40. The molecule has 8 nitrogen and oxygen atoms in total. The highest BCUT2D eigenvalue weighted by Crippen LogP contribution is 2.30. The Morgan fingerprint density at radius 3 is 2.41 bits per heavy atom. The maximum absolute atomic E-state index is 12.7. The van der Waals surface area contributed by atoms with Crippen LogP contribution in [0.15, 0.2) is 47.5 Å². The van der Waals surface area contributed by atoms with Crippen LogP contribution in [0.4, 0.5) is 5.69 Å². The molecule has 1 heterocycles. The number of sulfonamides is 1. The molecule has 0 radical (unpaired) electrons. The maximum Gasteiger partial charge on any atom is 0.245 e. The van der Waals surface area contributed by atoms with Gasteiger partial charge in [-0.15, -0.1) is 0 Å². The number of nitrogens with zero attached hydrogens (tertiary/aromatic N) is 1. The smallest absolute Gasteiger partial charge is 0.245 e. The molecule has 2 atom stereocenters. The number of nitrogens with one attached hydrogen (secondary N) is 2. The van der Waals surface area contributed by atoms with E-state index in [2.05, 4.69) is 10.0 Å². The molecule has 1 aliphatic rings. The van der Waals surface area contributed by atoms with Crippen molar-refractivity contribution < 1.29 is 22.7 Å². The third-order valence-electron chi connectivity index (χ3n) is 5.10. The van der Waals surface area contributed by atoms with E-state index >= 15 is 0 Å². The highest BCUT2D eigenvalue weighted by atomic mass is 32.2. The zero-order valence-electron chi connectivity index (χ0n) is 18.7. The van der Waals surface area contributed by atoms with Crippen LogP contribution in [-0.4, -0.2) is 52.1 Å². The molecule has 0 saturated carbocycles. The number of ether oxygens (including phenoxy) is 2. The van der Waals surface area contributed by atoms with E-state index in [1.807, 2.05) is 32.0 Å². The van der Waals surface area contributed by atoms with Gasteiger partial charge in [0, 0.05) is 17.7 Å². The molecule has 2 aromatic rings. The molecule has 1 amide bonds. The number of methoxy groups -OCH3 is 1. The van der Waals surface area contributed by atoms with E-state index in [9.17, 15) is 13.2 Å². The molecule has 2 aromatic carbocycles. The van der Waals surface area contributed by atoms with Crippen molar-refractivity contribution in [3.63, 3.8) is 0 Å². The average molecular weight is 460 g/mol. The third kappa shape index (κ3) is 5.79. The molecule has 0 aromatic heterocycles. The van der Waals surface area contributed by atoms with Crippen molar-refractivity contribution in [1.29, 1.82) is 0 Å². The summed E-state index contributed by atoms with van der Waals surface area (Å²) in [7, 11) is -1.75. The molecule has 172 valence electrons. The second-order valence-corrected chi connectivity index (χ2v) is 9.32. The monoisotopic (exact) mass is 459 g/mol. The van der Waals surface area contributed by atoms with Crippen LogP contribution in [0, 0.1) is 0 Å². The molecular weight excluding hydrogens is 430 g/mol. The number of benzene rings is 2. The Hall–Kier alpha value is -3.07. The minimum Gasteiger partial charge on any atom is -0.493 e. The fraction of sp³-hybridized carbons (Fsp3) is 0.391. The van der Waals surface area contributed by atoms with Gasteiger partial charge < -0.3 is 14.8 Å². The molecule has 3 rings (SSSR count). The molecule has 2 N–H and O–H groups in total. The number of hydrogen-bond donors (Lipinski definition) is 2. The lowest BCUT2D eigenvalue weighted by molar-refractivity contribution is -0.123. The van der Waals surface area contributed by atoms with Crippen LogP contribution in [0.3, 0.4) is 0 Å². The van der Waals surface area contributed by atoms with Gasteiger partial charge in [-0.1, -0.05) is 19.1 Å². The van der Waals surface area contributed by atoms with Crippen LogP contribution >= 0.6 is 0 Å². The van der Waals surface area contributed by atoms with Gasteiger partial charge in [0.1, 0.15) is 6.04 Å². The van der Waals surface area contributed by atoms with Gasteiger partial charge in [0.05, 0.1) is 31.7 Å². The fourth-order valence-electron chi connectivity index (χ4n) is 3.61. The normalized spacial score (nSPS) is 18.5. The summed E-state index contributed by atoms with van der Waals surface area (Å²) in [4.78, 5) is 17.5. The first-order chi connectivity index (χ1) is 15.2. The van der Waals surface area contributed by atoms with Crippen molar-refractivity contribution in [2.24, 2.45) is 4.99 Å². The van der Waals surface area contributed by atoms with E-state index in [4.69, 9.17) is 14.5 Å². The van der Waals surface area contributed by atoms with Crippen molar-refractivity contribution in [3.05, 3.63) is 53.6 Å². The number of anilines is 1. The number of carbonyl (C=O) groups is 1. The van der Waals surface area contributed by atoms with Crippen molar-refractivity contribution in [2.45, 2.75) is 38.8 Å². The van der Waals surface area contributed by atoms with Gasteiger partial charge in [0.25, 0.3) is 0 Å². The number of aliphatic imine (C=N–C) groups is 1. The number of carbonyl (C=O) groups excluding carboxylic acids is 1. The van der Waals surface area contributed by atoms with Crippen LogP contribution in [0.2, 0.25) is 0 Å². The minimum absolute atomic E-state index is 0.127. The zero-order chi connectivity index (χ0) is 23.3. The first kappa shape index (κ1) is 23.6. The van der Waals surface area contributed by atoms with Crippen molar-refractivity contribution in [1.82, 2.24) is 5.32 Å². The van der Waals surface area contributed by atoms with Crippen molar-refractivity contribution in [3.8, 4) is 11.5 Å². The number of rotatable bonds is 9. The van der Waals surface area contributed by atoms with Gasteiger partial charge in [0.15, 0.2) is 11.5 Å². The highest BCUT2D eigenvalue weighted by molar-refractivity contribution is 7.92. The topological polar surface area (TPSA) is 106 Å². The average Bonchev–Trinajstić information content (AvgIpc) is 2.75. The molecule has 32 heavy (non-hydrogen) atoms. The van der Waals surface area contributed by atoms with Gasteiger partial charge in [-0.25, -0.2) is 8.42 Å². The van der Waals surface area contributed by atoms with E-state index < -0.39 is 16.1 Å². The lowest BCUT2D eigenvalue weighted by atomic mass is 9.95. The van der Waals surface area contributed by atoms with Crippen LogP contribution in [0.25, 0.3) is 0 Å². The lowest BCUT2D eigenvalue weighted by Gasteiger charge is -2.29. The van der Waals surface area contributed by atoms with Crippen LogP contribution in [-0.2, 0) is 21.2 Å². The summed E-state index contributed by atoms with van der Waals surface area (Å²) >= 11 is 0. The summed E-state index contributed by atoms with van der Waals surface area (Å²) in [5, 5.41) is 3.07. The zero-order valence-corrected chi connectivity index (χ0v) is 19.5. The number of amides is 1. The summed E-state index contributed by atoms with van der Waals surface area (Å²) in [6, 6.07) is 11.8. The summed E-state index contributed by atoms with van der Waals surface area (Å²) in [6.45, 7) is 4.42. The van der Waals surface area contributed by atoms with Crippen LogP contribution in [0.5, 0.6) is 11.5 Å². The minimum atomic E-state index is -3.34. The van der Waals surface area contributed by atoms with Gasteiger partial charge in [0.2, 0.25) is 15.9 Å². The molecule has 0 saturated heterocycles. The summed E-state index contributed by atoms with van der Waals surface area (Å²) < 4.78 is 36.3. The first-order valence-corrected chi connectivity index (χ1v) is 12.4. The maximum atomic E-state index is 12.7. The standard InChI is InChI=1S/C23H29N3O5S/c1-5-18-22(16-9-12-20(30-3)21(14-16)31-6-2)24-19(23(27)25-18)13-15-7-10-17(11-8-15)26-32(4,28)29/h7-12,14,18-19,26H,5-6,13H2,1-4H3,(H,25,27). The molecule has 0 spiro atoms. The lowest BCUT2D eigenvalue weighted by Crippen LogP contribution is -2.50. The van der Waals surface area contributed by atoms with E-state index in [-0.39, 0.29) is 11.9 Å². The van der Waals surface area contributed by atoms with E-state index in [0.29, 0.717) is 36.6 Å². The van der Waals surface area contributed by atoms with Crippen molar-refractivity contribution >= 4 is 27.3 Å². The molecular formula is C23H29N3O5S. The summed E-state index contributed by atoms with van der Waals surface area (Å²) in [5.41, 5.74) is 3.03. The molecule has 0 aliphatic carbocycles. The van der Waals surface area contributed by atoms with E-state index in [1.54, 1.807) is 31.4 Å². The van der Waals surface area contributed by atoms with Crippen molar-refractivity contribution in [2.75, 3.05) is 24.7 Å². The molecule has 9 heteroatoms. The Bertz CT molecular complexity index is 1100. The predicted octanol–water partition coefficient (Wildman–Crippen LogP) is 2.77. The molecule has 0 fully saturated rings. The highest BCUT2D eigenvalue weighted by Gasteiger charge is 2.30. The SMILES string of the molecule is CCOc1cc(C2=NC(Cc3ccc(NS(C)(=O)=O)cc3)C(=O)NC2CC)ccc1OC. The van der Waals surface area contributed by atoms with Crippen LogP contribution in [0.1, 0.15) is 31.4 Å². The van der Waals surface area contributed by atoms with Gasteiger partial charge in [-0.3, -0.25) is 14.5 Å². The Labute approximate surface area is 189 Å². The van der Waals surface area contributed by atoms with Gasteiger partial charge in [-0.2, -0.15) is 0 Å². The fourth-order valence-corrected chi connectivity index (χ4v) is 4.18. The third-order valence-corrected chi connectivity index (χ3v) is 5.70. The van der Waals surface area contributed by atoms with Crippen LogP contribution < -0.4 is 19.5 Å².